The van der Waals surface area contributed by atoms with Crippen molar-refractivity contribution in [3.8, 4) is 17.2 Å². The Morgan fingerprint density at radius 2 is 1.72 bits per heavy atom. The van der Waals surface area contributed by atoms with Crippen molar-refractivity contribution < 1.29 is 8.42 Å². The fraction of sp³-hybridized carbons (Fsp3) is 0.105. The molecule has 0 unspecified atom stereocenters. The Morgan fingerprint density at radius 1 is 1.04 bits per heavy atom. The van der Waals surface area contributed by atoms with Gasteiger partial charge >= 0.3 is 0 Å². The van der Waals surface area contributed by atoms with Crippen molar-refractivity contribution in [3.63, 3.8) is 0 Å². The lowest BCUT2D eigenvalue weighted by Crippen LogP contribution is -2.13. The summed E-state index contributed by atoms with van der Waals surface area (Å²) in [4.78, 5) is 0.221. The second-order valence-corrected chi connectivity index (χ2v) is 7.52. The number of nitrogens with one attached hydrogen (secondary N) is 1. The Labute approximate surface area is 147 Å². The molecule has 1 N–H and O–H groups in total. The van der Waals surface area contributed by atoms with E-state index in [9.17, 15) is 8.42 Å². The molecule has 3 rings (SSSR count). The zero-order valence-corrected chi connectivity index (χ0v) is 14.7. The second-order valence-electron chi connectivity index (χ2n) is 5.84. The maximum Gasteiger partial charge on any atom is 0.263 e. The highest BCUT2D eigenvalue weighted by Crippen LogP contribution is 2.27. The van der Waals surface area contributed by atoms with E-state index in [-0.39, 0.29) is 4.90 Å². The number of aryl methyl sites for hydroxylation is 2. The van der Waals surface area contributed by atoms with Crippen LogP contribution in [-0.2, 0) is 17.1 Å². The van der Waals surface area contributed by atoms with Gasteiger partial charge in [-0.05, 0) is 47.9 Å². The van der Waals surface area contributed by atoms with Crippen LogP contribution in [-0.4, -0.2) is 13.0 Å². The number of aromatic nitrogens is 1. The summed E-state index contributed by atoms with van der Waals surface area (Å²) in [5.41, 5.74) is 3.74. The number of nitrogens with zero attached hydrogens (tertiary/aromatic N) is 2. The van der Waals surface area contributed by atoms with Crippen LogP contribution in [0.3, 0.4) is 0 Å². The average molecular weight is 351 g/mol. The molecule has 1 aromatic heterocycles. The van der Waals surface area contributed by atoms with Crippen LogP contribution in [0, 0.1) is 18.3 Å². The Kier molecular flexibility index (Phi) is 4.34. The lowest BCUT2D eigenvalue weighted by atomic mass is 10.0. The molecule has 0 spiro atoms. The molecule has 0 aliphatic rings. The number of anilines is 1. The van der Waals surface area contributed by atoms with Gasteiger partial charge in [-0.15, -0.1) is 0 Å². The molecule has 2 aromatic carbocycles. The van der Waals surface area contributed by atoms with Gasteiger partial charge in [-0.3, -0.25) is 4.72 Å². The topological polar surface area (TPSA) is 74.9 Å². The number of rotatable bonds is 4. The van der Waals surface area contributed by atoms with Gasteiger partial charge in [0.2, 0.25) is 0 Å². The van der Waals surface area contributed by atoms with Crippen LogP contribution in [0.4, 0.5) is 5.69 Å². The van der Waals surface area contributed by atoms with E-state index in [1.54, 1.807) is 48.3 Å². The molecular weight excluding hydrogens is 334 g/mol. The van der Waals surface area contributed by atoms with Crippen LogP contribution in [0.2, 0.25) is 0 Å². The summed E-state index contributed by atoms with van der Waals surface area (Å²) in [7, 11) is -1.86. The molecule has 25 heavy (non-hydrogen) atoms. The van der Waals surface area contributed by atoms with E-state index in [0.717, 1.165) is 16.7 Å². The van der Waals surface area contributed by atoms with Gasteiger partial charge in [-0.25, -0.2) is 8.42 Å². The monoisotopic (exact) mass is 351 g/mol. The van der Waals surface area contributed by atoms with Crippen LogP contribution in [0.25, 0.3) is 11.1 Å². The predicted octanol–water partition coefficient (Wildman–Crippen LogP) is 3.67. The molecule has 6 heteroatoms. The van der Waals surface area contributed by atoms with Crippen molar-refractivity contribution >= 4 is 15.7 Å². The molecular formula is C19H17N3O2S. The minimum absolute atomic E-state index is 0.221. The van der Waals surface area contributed by atoms with E-state index in [0.29, 0.717) is 11.3 Å². The van der Waals surface area contributed by atoms with Gasteiger partial charge in [0.05, 0.1) is 17.3 Å². The third-order valence-corrected chi connectivity index (χ3v) is 5.30. The molecule has 0 fully saturated rings. The Bertz CT molecular complexity index is 1060. The molecule has 3 aromatic rings. The van der Waals surface area contributed by atoms with Crippen LogP contribution in [0.1, 0.15) is 11.1 Å². The average Bonchev–Trinajstić information content (AvgIpc) is 3.04. The molecule has 0 radical (unpaired) electrons. The van der Waals surface area contributed by atoms with Gasteiger partial charge in [0.15, 0.2) is 0 Å². The first kappa shape index (κ1) is 16.8. The van der Waals surface area contributed by atoms with E-state index in [4.69, 9.17) is 5.26 Å². The molecule has 0 atom stereocenters. The zero-order valence-electron chi connectivity index (χ0n) is 13.9. The summed E-state index contributed by atoms with van der Waals surface area (Å²) < 4.78 is 29.4. The third kappa shape index (κ3) is 3.57. The lowest BCUT2D eigenvalue weighted by molar-refractivity contribution is 0.601. The summed E-state index contributed by atoms with van der Waals surface area (Å²) in [5, 5.41) is 8.89. The van der Waals surface area contributed by atoms with E-state index < -0.39 is 10.0 Å². The summed E-state index contributed by atoms with van der Waals surface area (Å²) in [5.74, 6) is 0. The van der Waals surface area contributed by atoms with Gasteiger partial charge in [0.25, 0.3) is 10.0 Å². The van der Waals surface area contributed by atoms with Crippen molar-refractivity contribution in [2.24, 2.45) is 7.05 Å². The fourth-order valence-electron chi connectivity index (χ4n) is 2.49. The Balaban J connectivity index is 1.95. The van der Waals surface area contributed by atoms with Crippen LogP contribution in [0.5, 0.6) is 0 Å². The van der Waals surface area contributed by atoms with E-state index in [1.165, 1.54) is 0 Å². The summed E-state index contributed by atoms with van der Waals surface area (Å²) >= 11 is 0. The standard InChI is InChI=1S/C19H17N3O2S/c1-14-3-6-17(16-7-4-15(12-20)5-8-16)11-19(14)21-25(23,24)18-9-10-22(2)13-18/h3-11,13,21H,1-2H3. The van der Waals surface area contributed by atoms with Gasteiger partial charge in [0, 0.05) is 19.4 Å². The number of hydrogen-bond acceptors (Lipinski definition) is 3. The first-order valence-corrected chi connectivity index (χ1v) is 9.13. The van der Waals surface area contributed by atoms with Crippen molar-refractivity contribution in [2.45, 2.75) is 11.8 Å². The minimum atomic E-state index is -3.64. The third-order valence-electron chi connectivity index (χ3n) is 3.94. The molecule has 0 aliphatic carbocycles. The highest BCUT2D eigenvalue weighted by atomic mass is 32.2. The smallest absolute Gasteiger partial charge is 0.263 e. The van der Waals surface area contributed by atoms with Crippen molar-refractivity contribution in [1.29, 1.82) is 5.26 Å². The number of nitriles is 1. The molecule has 0 saturated heterocycles. The first-order chi connectivity index (χ1) is 11.9. The maximum atomic E-state index is 12.5. The van der Waals surface area contributed by atoms with E-state index in [1.807, 2.05) is 31.2 Å². The lowest BCUT2D eigenvalue weighted by Gasteiger charge is -2.12. The van der Waals surface area contributed by atoms with Crippen LogP contribution < -0.4 is 4.72 Å². The highest BCUT2D eigenvalue weighted by molar-refractivity contribution is 7.92. The summed E-state index contributed by atoms with van der Waals surface area (Å²) in [6, 6.07) is 16.4. The number of sulfonamides is 1. The SMILES string of the molecule is Cc1ccc(-c2ccc(C#N)cc2)cc1NS(=O)(=O)c1ccn(C)c1. The van der Waals surface area contributed by atoms with E-state index in [2.05, 4.69) is 10.8 Å². The number of benzene rings is 2. The quantitative estimate of drug-likeness (QED) is 0.779. The van der Waals surface area contributed by atoms with Crippen molar-refractivity contribution in [1.82, 2.24) is 4.57 Å². The van der Waals surface area contributed by atoms with Crippen molar-refractivity contribution in [2.75, 3.05) is 4.72 Å². The normalized spacial score (nSPS) is 11.1. The Morgan fingerprint density at radius 3 is 2.32 bits per heavy atom. The van der Waals surface area contributed by atoms with E-state index >= 15 is 0 Å². The summed E-state index contributed by atoms with van der Waals surface area (Å²) in [6.45, 7) is 1.85. The largest absolute Gasteiger partial charge is 0.356 e. The van der Waals surface area contributed by atoms with Gasteiger partial charge in [-0.2, -0.15) is 5.26 Å². The van der Waals surface area contributed by atoms with Gasteiger partial charge in [-0.1, -0.05) is 24.3 Å². The molecule has 0 bridgehead atoms. The fourth-order valence-corrected chi connectivity index (χ4v) is 3.66. The molecule has 0 aliphatic heterocycles. The molecule has 1 heterocycles. The number of hydrogen-bond donors (Lipinski definition) is 1. The zero-order chi connectivity index (χ0) is 18.0. The minimum Gasteiger partial charge on any atom is -0.356 e. The second kappa shape index (κ2) is 6.46. The Hall–Kier alpha value is -3.04. The first-order valence-electron chi connectivity index (χ1n) is 7.65. The molecule has 126 valence electrons. The van der Waals surface area contributed by atoms with Gasteiger partial charge in [0.1, 0.15) is 4.90 Å². The van der Waals surface area contributed by atoms with Gasteiger partial charge < -0.3 is 4.57 Å². The maximum absolute atomic E-state index is 12.5. The highest BCUT2D eigenvalue weighted by Gasteiger charge is 2.16. The predicted molar refractivity (Wildman–Crippen MR) is 97.6 cm³/mol. The van der Waals surface area contributed by atoms with Crippen LogP contribution in [0.15, 0.2) is 65.8 Å². The molecule has 0 amide bonds. The van der Waals surface area contributed by atoms with Crippen molar-refractivity contribution in [3.05, 3.63) is 72.1 Å². The molecule has 5 nitrogen and oxygen atoms in total. The van der Waals surface area contributed by atoms with Crippen LogP contribution >= 0.6 is 0 Å². The molecule has 0 saturated carbocycles. The summed E-state index contributed by atoms with van der Waals surface area (Å²) in [6.07, 6.45) is 3.25.